The molecule has 0 saturated carbocycles. The van der Waals surface area contributed by atoms with Crippen molar-refractivity contribution in [2.45, 2.75) is 50.9 Å². The number of hydrogen-bond acceptors (Lipinski definition) is 9. The van der Waals surface area contributed by atoms with Gasteiger partial charge in [-0.05, 0) is 76.9 Å². The Hall–Kier alpha value is -3.43. The van der Waals surface area contributed by atoms with E-state index in [1.165, 1.54) is 7.11 Å². The van der Waals surface area contributed by atoms with Crippen LogP contribution in [0.4, 0.5) is 0 Å². The highest BCUT2D eigenvalue weighted by Crippen LogP contribution is 2.33. The maximum absolute atomic E-state index is 13.2. The van der Waals surface area contributed by atoms with E-state index in [1.807, 2.05) is 39.6 Å². The summed E-state index contributed by atoms with van der Waals surface area (Å²) in [5.41, 5.74) is 2.26. The Labute approximate surface area is 257 Å². The first-order valence-corrected chi connectivity index (χ1v) is 14.4. The molecular weight excluding hydrogens is 661 g/mol. The van der Waals surface area contributed by atoms with Gasteiger partial charge < -0.3 is 35.1 Å². The Morgan fingerprint density at radius 2 is 1.55 bits per heavy atom. The lowest BCUT2D eigenvalue weighted by molar-refractivity contribution is -0.141. The van der Waals surface area contributed by atoms with Gasteiger partial charge in [0.2, 0.25) is 5.91 Å². The Balaban J connectivity index is 1.67. The van der Waals surface area contributed by atoms with Crippen LogP contribution in [-0.4, -0.2) is 85.2 Å². The summed E-state index contributed by atoms with van der Waals surface area (Å²) in [4.78, 5) is 52.7. The zero-order chi connectivity index (χ0) is 31.0. The zero-order valence-electron chi connectivity index (χ0n) is 23.9. The standard InChI is InChI=1S/C29H36IN3O9/c1-5-20(31-29(39)27(37)19-12-18(30)6-7-23(19)40-2)28(38)32-21(13-26(35)36)22(34)15-33-9-8-16-10-24(41-3)25(42-4)11-17(16)14-33/h6-7,10-12,20-21,27,37H,5,8-9,13-15H2,1-4H3,(H,31,39)(H,32,38)(H,35,36)/t20-,21?,27+/m0/s1. The van der Waals surface area contributed by atoms with E-state index in [9.17, 15) is 29.4 Å². The lowest BCUT2D eigenvalue weighted by atomic mass is 9.98. The van der Waals surface area contributed by atoms with Crippen LogP contribution in [0.5, 0.6) is 17.2 Å². The SMILES string of the molecule is CC[C@H](NC(=O)[C@H](O)c1cc(I)ccc1OC)C(=O)NC(CC(=O)O)C(=O)CN1CCc2cc(OC)c(OC)cc2C1. The number of halogens is 1. The number of hydrogen-bond donors (Lipinski definition) is 4. The third kappa shape index (κ3) is 8.32. The van der Waals surface area contributed by atoms with Crippen LogP contribution in [-0.2, 0) is 32.1 Å². The van der Waals surface area contributed by atoms with Gasteiger partial charge in [-0.1, -0.05) is 6.92 Å². The van der Waals surface area contributed by atoms with E-state index in [1.54, 1.807) is 39.3 Å². The predicted octanol–water partition coefficient (Wildman–Crippen LogP) is 1.83. The number of methoxy groups -OCH3 is 3. The van der Waals surface area contributed by atoms with Gasteiger partial charge in [0.1, 0.15) is 11.8 Å². The Bertz CT molecular complexity index is 1320. The van der Waals surface area contributed by atoms with Crippen molar-refractivity contribution in [1.82, 2.24) is 15.5 Å². The molecule has 0 aromatic heterocycles. The fourth-order valence-electron chi connectivity index (χ4n) is 4.76. The fraction of sp³-hybridized carbons (Fsp3) is 0.448. The molecule has 13 heteroatoms. The van der Waals surface area contributed by atoms with Gasteiger partial charge in [0, 0.05) is 22.2 Å². The third-order valence-corrected chi connectivity index (χ3v) is 7.71. The number of fused-ring (bicyclic) bond motifs is 1. The number of ketones is 1. The van der Waals surface area contributed by atoms with Gasteiger partial charge in [-0.2, -0.15) is 0 Å². The molecule has 3 rings (SSSR count). The molecule has 1 aliphatic heterocycles. The van der Waals surface area contributed by atoms with Gasteiger partial charge in [0.05, 0.1) is 40.3 Å². The summed E-state index contributed by atoms with van der Waals surface area (Å²) in [5, 5.41) is 25.1. The number of aliphatic hydroxyl groups is 1. The maximum Gasteiger partial charge on any atom is 0.305 e. The number of rotatable bonds is 14. The van der Waals surface area contributed by atoms with Crippen LogP contribution in [0.3, 0.4) is 0 Å². The summed E-state index contributed by atoms with van der Waals surface area (Å²) in [6.45, 7) is 2.55. The highest BCUT2D eigenvalue weighted by Gasteiger charge is 2.31. The van der Waals surface area contributed by atoms with Crippen LogP contribution >= 0.6 is 22.6 Å². The minimum absolute atomic E-state index is 0.0830. The quantitative estimate of drug-likeness (QED) is 0.214. The number of carbonyl (C=O) groups is 4. The van der Waals surface area contributed by atoms with Gasteiger partial charge in [-0.15, -0.1) is 0 Å². The van der Waals surface area contributed by atoms with E-state index in [-0.39, 0.29) is 18.5 Å². The van der Waals surface area contributed by atoms with E-state index >= 15 is 0 Å². The van der Waals surface area contributed by atoms with Crippen molar-refractivity contribution < 1.29 is 43.6 Å². The maximum atomic E-state index is 13.2. The minimum atomic E-state index is -1.62. The average molecular weight is 698 g/mol. The lowest BCUT2D eigenvalue weighted by Gasteiger charge is -2.30. The van der Waals surface area contributed by atoms with Gasteiger partial charge in [0.25, 0.3) is 5.91 Å². The van der Waals surface area contributed by atoms with Gasteiger partial charge in [0.15, 0.2) is 23.4 Å². The predicted molar refractivity (Wildman–Crippen MR) is 161 cm³/mol. The number of nitrogens with zero attached hydrogens (tertiary/aromatic N) is 1. The second-order valence-corrected chi connectivity index (χ2v) is 11.1. The van der Waals surface area contributed by atoms with Crippen LogP contribution in [0, 0.1) is 3.57 Å². The molecule has 3 atom stereocenters. The van der Waals surface area contributed by atoms with Crippen LogP contribution in [0.25, 0.3) is 0 Å². The van der Waals surface area contributed by atoms with Crippen molar-refractivity contribution in [2.75, 3.05) is 34.4 Å². The number of aliphatic hydroxyl groups excluding tert-OH is 1. The summed E-state index contributed by atoms with van der Waals surface area (Å²) in [7, 11) is 4.51. The van der Waals surface area contributed by atoms with E-state index in [0.29, 0.717) is 36.8 Å². The molecule has 0 spiro atoms. The monoisotopic (exact) mass is 697 g/mol. The number of benzene rings is 2. The molecule has 1 aliphatic rings. The van der Waals surface area contributed by atoms with Crippen molar-refractivity contribution in [3.05, 3.63) is 50.6 Å². The molecule has 0 radical (unpaired) electrons. The van der Waals surface area contributed by atoms with E-state index in [4.69, 9.17) is 14.2 Å². The Kier molecular flexibility index (Phi) is 11.9. The molecular formula is C29H36IN3O9. The van der Waals surface area contributed by atoms with E-state index in [0.717, 1.165) is 14.7 Å². The first-order chi connectivity index (χ1) is 20.0. The van der Waals surface area contributed by atoms with Crippen molar-refractivity contribution in [3.8, 4) is 17.2 Å². The summed E-state index contributed by atoms with van der Waals surface area (Å²) in [6.07, 6.45) is -1.45. The molecule has 4 N–H and O–H groups in total. The smallest absolute Gasteiger partial charge is 0.305 e. The molecule has 1 unspecified atom stereocenters. The summed E-state index contributed by atoms with van der Waals surface area (Å²) in [5.74, 6) is -1.80. The Morgan fingerprint density at radius 1 is 0.929 bits per heavy atom. The number of nitrogens with one attached hydrogen (secondary N) is 2. The summed E-state index contributed by atoms with van der Waals surface area (Å²) in [6, 6.07) is 6.31. The number of carbonyl (C=O) groups excluding carboxylic acids is 3. The Morgan fingerprint density at radius 3 is 2.14 bits per heavy atom. The number of amides is 2. The molecule has 2 aromatic carbocycles. The van der Waals surface area contributed by atoms with Gasteiger partial charge in [-0.25, -0.2) is 0 Å². The molecule has 0 bridgehead atoms. The molecule has 2 amide bonds. The second-order valence-electron chi connectivity index (χ2n) is 9.82. The van der Waals surface area contributed by atoms with Crippen molar-refractivity contribution in [1.29, 1.82) is 0 Å². The van der Waals surface area contributed by atoms with E-state index in [2.05, 4.69) is 10.6 Å². The molecule has 228 valence electrons. The fourth-order valence-corrected chi connectivity index (χ4v) is 5.28. The number of aliphatic carboxylic acids is 1. The number of ether oxygens (including phenoxy) is 3. The molecule has 2 aromatic rings. The molecule has 42 heavy (non-hydrogen) atoms. The van der Waals surface area contributed by atoms with E-state index < -0.39 is 48.2 Å². The molecule has 1 heterocycles. The van der Waals surface area contributed by atoms with Crippen LogP contribution in [0.2, 0.25) is 0 Å². The van der Waals surface area contributed by atoms with Crippen molar-refractivity contribution >= 4 is 46.2 Å². The second kappa shape index (κ2) is 15.2. The normalized spacial score (nSPS) is 15.0. The molecule has 0 saturated heterocycles. The number of carboxylic acids is 1. The van der Waals surface area contributed by atoms with Crippen molar-refractivity contribution in [2.24, 2.45) is 0 Å². The molecule has 12 nitrogen and oxygen atoms in total. The topological polar surface area (TPSA) is 164 Å². The van der Waals surface area contributed by atoms with Crippen LogP contribution in [0.15, 0.2) is 30.3 Å². The van der Waals surface area contributed by atoms with Gasteiger partial charge in [-0.3, -0.25) is 24.1 Å². The third-order valence-electron chi connectivity index (χ3n) is 7.04. The van der Waals surface area contributed by atoms with Crippen LogP contribution in [0.1, 0.15) is 42.6 Å². The molecule has 0 fully saturated rings. The first-order valence-electron chi connectivity index (χ1n) is 13.3. The number of Topliss-reactive ketones (excluding diaryl/α,β-unsaturated/α-hetero) is 1. The first kappa shape index (κ1) is 33.1. The summed E-state index contributed by atoms with van der Waals surface area (Å²) < 4.78 is 16.8. The van der Waals surface area contributed by atoms with Gasteiger partial charge >= 0.3 is 5.97 Å². The zero-order valence-corrected chi connectivity index (χ0v) is 26.1. The van der Waals surface area contributed by atoms with Crippen molar-refractivity contribution in [3.63, 3.8) is 0 Å². The molecule has 0 aliphatic carbocycles. The lowest BCUT2D eigenvalue weighted by Crippen LogP contribution is -2.54. The number of carboxylic acid groups (broad SMARTS) is 1. The minimum Gasteiger partial charge on any atom is -0.496 e. The van der Waals surface area contributed by atoms with Crippen LogP contribution < -0.4 is 24.8 Å². The summed E-state index contributed by atoms with van der Waals surface area (Å²) >= 11 is 2.04. The largest absolute Gasteiger partial charge is 0.496 e. The highest BCUT2D eigenvalue weighted by atomic mass is 127. The highest BCUT2D eigenvalue weighted by molar-refractivity contribution is 14.1. The average Bonchev–Trinajstić information content (AvgIpc) is 2.97.